The summed E-state index contributed by atoms with van der Waals surface area (Å²) in [5, 5.41) is 0. The van der Waals surface area contributed by atoms with Gasteiger partial charge >= 0.3 is 5.97 Å². The van der Waals surface area contributed by atoms with Crippen LogP contribution in [0.2, 0.25) is 0 Å². The maximum atomic E-state index is 11.6. The summed E-state index contributed by atoms with van der Waals surface area (Å²) < 4.78 is 4.80. The zero-order valence-electron chi connectivity index (χ0n) is 11.9. The van der Waals surface area contributed by atoms with E-state index in [2.05, 4.69) is 17.9 Å². The number of piperidine rings is 1. The van der Waals surface area contributed by atoms with Crippen LogP contribution in [0.25, 0.3) is 0 Å². The second-order valence-electron chi connectivity index (χ2n) is 5.17. The molecule has 0 aliphatic carbocycles. The van der Waals surface area contributed by atoms with Gasteiger partial charge in [-0.15, -0.1) is 0 Å². The second kappa shape index (κ2) is 6.60. The van der Waals surface area contributed by atoms with Crippen molar-refractivity contribution in [3.8, 4) is 0 Å². The van der Waals surface area contributed by atoms with E-state index in [-0.39, 0.29) is 5.97 Å². The van der Waals surface area contributed by atoms with Gasteiger partial charge in [-0.25, -0.2) is 4.79 Å². The standard InChI is InChI=1S/C16H23NO2/c1-3-7-14-9-4-5-11-17(14)15-10-6-8-13(12-15)16(18)19-2/h6,8,10,12,14H,3-5,7,9,11H2,1-2H3. The van der Waals surface area contributed by atoms with Crippen molar-refractivity contribution in [2.24, 2.45) is 0 Å². The van der Waals surface area contributed by atoms with E-state index in [1.54, 1.807) is 0 Å². The summed E-state index contributed by atoms with van der Waals surface area (Å²) in [4.78, 5) is 14.1. The number of hydrogen-bond acceptors (Lipinski definition) is 3. The summed E-state index contributed by atoms with van der Waals surface area (Å²) in [6.07, 6.45) is 6.25. The lowest BCUT2D eigenvalue weighted by molar-refractivity contribution is 0.0600. The summed E-state index contributed by atoms with van der Waals surface area (Å²) in [5.41, 5.74) is 1.79. The molecule has 1 fully saturated rings. The SMILES string of the molecule is CCCC1CCCCN1c1cccc(C(=O)OC)c1. The fraction of sp³-hybridized carbons (Fsp3) is 0.562. The number of nitrogens with zero attached hydrogens (tertiary/aromatic N) is 1. The van der Waals surface area contributed by atoms with Crippen LogP contribution >= 0.6 is 0 Å². The number of methoxy groups -OCH3 is 1. The molecule has 0 spiro atoms. The molecule has 1 unspecified atom stereocenters. The number of benzene rings is 1. The number of rotatable bonds is 4. The highest BCUT2D eigenvalue weighted by Gasteiger charge is 2.22. The Bertz CT molecular complexity index is 429. The van der Waals surface area contributed by atoms with Gasteiger partial charge in [-0.2, -0.15) is 0 Å². The fourth-order valence-corrected chi connectivity index (χ4v) is 2.90. The van der Waals surface area contributed by atoms with Gasteiger partial charge in [0.1, 0.15) is 0 Å². The summed E-state index contributed by atoms with van der Waals surface area (Å²) >= 11 is 0. The van der Waals surface area contributed by atoms with Gasteiger partial charge in [0, 0.05) is 18.3 Å². The summed E-state index contributed by atoms with van der Waals surface area (Å²) in [5.74, 6) is -0.258. The molecular formula is C16H23NO2. The van der Waals surface area contributed by atoms with Crippen LogP contribution in [0.4, 0.5) is 5.69 Å². The Kier molecular flexibility index (Phi) is 4.83. The molecule has 1 atom stereocenters. The van der Waals surface area contributed by atoms with E-state index in [1.807, 2.05) is 18.2 Å². The minimum Gasteiger partial charge on any atom is -0.465 e. The summed E-state index contributed by atoms with van der Waals surface area (Å²) in [6.45, 7) is 3.33. The first-order valence-electron chi connectivity index (χ1n) is 7.21. The molecule has 1 aliphatic heterocycles. The number of hydrogen-bond donors (Lipinski definition) is 0. The second-order valence-corrected chi connectivity index (χ2v) is 5.17. The Morgan fingerprint density at radius 3 is 3.00 bits per heavy atom. The fourth-order valence-electron chi connectivity index (χ4n) is 2.90. The van der Waals surface area contributed by atoms with E-state index >= 15 is 0 Å². The van der Waals surface area contributed by atoms with Crippen molar-refractivity contribution in [1.82, 2.24) is 0 Å². The van der Waals surface area contributed by atoms with Crippen molar-refractivity contribution in [3.63, 3.8) is 0 Å². The Balaban J connectivity index is 2.21. The molecule has 0 aromatic heterocycles. The van der Waals surface area contributed by atoms with Crippen LogP contribution < -0.4 is 4.90 Å². The van der Waals surface area contributed by atoms with Gasteiger partial charge in [-0.3, -0.25) is 0 Å². The van der Waals surface area contributed by atoms with Gasteiger partial charge in [0.25, 0.3) is 0 Å². The molecule has 1 saturated heterocycles. The zero-order chi connectivity index (χ0) is 13.7. The van der Waals surface area contributed by atoms with Gasteiger partial charge in [-0.05, 0) is 43.9 Å². The van der Waals surface area contributed by atoms with E-state index < -0.39 is 0 Å². The quantitative estimate of drug-likeness (QED) is 0.775. The molecule has 0 amide bonds. The Labute approximate surface area is 115 Å². The minimum absolute atomic E-state index is 0.258. The van der Waals surface area contributed by atoms with Crippen molar-refractivity contribution < 1.29 is 9.53 Å². The van der Waals surface area contributed by atoms with E-state index in [1.165, 1.54) is 39.2 Å². The summed E-state index contributed by atoms with van der Waals surface area (Å²) in [7, 11) is 1.43. The highest BCUT2D eigenvalue weighted by molar-refractivity contribution is 5.90. The smallest absolute Gasteiger partial charge is 0.337 e. The number of esters is 1. The maximum Gasteiger partial charge on any atom is 0.337 e. The lowest BCUT2D eigenvalue weighted by Crippen LogP contribution is -2.39. The van der Waals surface area contributed by atoms with E-state index in [0.29, 0.717) is 11.6 Å². The van der Waals surface area contributed by atoms with Gasteiger partial charge in [0.05, 0.1) is 12.7 Å². The number of ether oxygens (including phenoxy) is 1. The van der Waals surface area contributed by atoms with Crippen LogP contribution in [0, 0.1) is 0 Å². The highest BCUT2D eigenvalue weighted by Crippen LogP contribution is 2.28. The van der Waals surface area contributed by atoms with Crippen LogP contribution in [0.1, 0.15) is 49.4 Å². The van der Waals surface area contributed by atoms with Gasteiger partial charge < -0.3 is 9.64 Å². The predicted octanol–water partition coefficient (Wildman–Crippen LogP) is 3.63. The van der Waals surface area contributed by atoms with Crippen molar-refractivity contribution in [1.29, 1.82) is 0 Å². The van der Waals surface area contributed by atoms with Crippen molar-refractivity contribution in [3.05, 3.63) is 29.8 Å². The first-order chi connectivity index (χ1) is 9.26. The lowest BCUT2D eigenvalue weighted by Gasteiger charge is -2.37. The van der Waals surface area contributed by atoms with E-state index in [4.69, 9.17) is 4.74 Å². The van der Waals surface area contributed by atoms with Crippen molar-refractivity contribution in [2.75, 3.05) is 18.6 Å². The Morgan fingerprint density at radius 1 is 1.42 bits per heavy atom. The van der Waals surface area contributed by atoms with Crippen LogP contribution in [-0.2, 0) is 4.74 Å². The predicted molar refractivity (Wildman–Crippen MR) is 77.7 cm³/mol. The molecule has 1 heterocycles. The molecule has 0 saturated carbocycles. The lowest BCUT2D eigenvalue weighted by atomic mass is 9.97. The zero-order valence-corrected chi connectivity index (χ0v) is 11.9. The molecule has 104 valence electrons. The largest absolute Gasteiger partial charge is 0.465 e. The third-order valence-electron chi connectivity index (χ3n) is 3.85. The first kappa shape index (κ1) is 13.9. The van der Waals surface area contributed by atoms with Crippen LogP contribution in [0.5, 0.6) is 0 Å². The van der Waals surface area contributed by atoms with E-state index in [0.717, 1.165) is 12.2 Å². The molecular weight excluding hydrogens is 238 g/mol. The molecule has 0 radical (unpaired) electrons. The average molecular weight is 261 g/mol. The van der Waals surface area contributed by atoms with Gasteiger partial charge in [-0.1, -0.05) is 19.4 Å². The molecule has 3 heteroatoms. The molecule has 2 rings (SSSR count). The van der Waals surface area contributed by atoms with Crippen LogP contribution in [0.15, 0.2) is 24.3 Å². The number of carbonyl (C=O) groups is 1. The first-order valence-corrected chi connectivity index (χ1v) is 7.21. The third kappa shape index (κ3) is 3.28. The minimum atomic E-state index is -0.258. The molecule has 3 nitrogen and oxygen atoms in total. The topological polar surface area (TPSA) is 29.5 Å². The average Bonchev–Trinajstić information content (AvgIpc) is 2.47. The molecule has 1 aromatic rings. The number of carbonyl (C=O) groups excluding carboxylic acids is 1. The van der Waals surface area contributed by atoms with Gasteiger partial charge in [0.2, 0.25) is 0 Å². The molecule has 19 heavy (non-hydrogen) atoms. The van der Waals surface area contributed by atoms with E-state index in [9.17, 15) is 4.79 Å². The van der Waals surface area contributed by atoms with Crippen LogP contribution in [0.3, 0.4) is 0 Å². The monoisotopic (exact) mass is 261 g/mol. The van der Waals surface area contributed by atoms with Crippen molar-refractivity contribution >= 4 is 11.7 Å². The Hall–Kier alpha value is -1.51. The van der Waals surface area contributed by atoms with Crippen molar-refractivity contribution in [2.45, 2.75) is 45.1 Å². The molecule has 0 N–H and O–H groups in total. The van der Waals surface area contributed by atoms with Crippen LogP contribution in [-0.4, -0.2) is 25.7 Å². The highest BCUT2D eigenvalue weighted by atomic mass is 16.5. The summed E-state index contributed by atoms with van der Waals surface area (Å²) in [6, 6.07) is 8.43. The Morgan fingerprint density at radius 2 is 2.26 bits per heavy atom. The third-order valence-corrected chi connectivity index (χ3v) is 3.85. The maximum absolute atomic E-state index is 11.6. The molecule has 1 aromatic carbocycles. The normalized spacial score (nSPS) is 19.3. The molecule has 0 bridgehead atoms. The molecule has 1 aliphatic rings. The van der Waals surface area contributed by atoms with Gasteiger partial charge in [0.15, 0.2) is 0 Å². The number of anilines is 1.